The number of aromatic amines is 1. The van der Waals surface area contributed by atoms with Crippen LogP contribution in [0.1, 0.15) is 36.7 Å². The summed E-state index contributed by atoms with van der Waals surface area (Å²) in [6, 6.07) is 11.8. The summed E-state index contributed by atoms with van der Waals surface area (Å²) in [5.74, 6) is 0.659. The second-order valence-corrected chi connectivity index (χ2v) is 14.6. The van der Waals surface area contributed by atoms with Crippen LogP contribution >= 0.6 is 23.2 Å². The number of hydrogen-bond donors (Lipinski definition) is 2. The van der Waals surface area contributed by atoms with E-state index >= 15 is 0 Å². The van der Waals surface area contributed by atoms with Crippen LogP contribution < -0.4 is 5.32 Å². The molecule has 6 rings (SSSR count). The minimum atomic E-state index is -3.27. The Morgan fingerprint density at radius 2 is 1.83 bits per heavy atom. The van der Waals surface area contributed by atoms with E-state index in [0.29, 0.717) is 77.5 Å². The lowest BCUT2D eigenvalue weighted by molar-refractivity contribution is -0.127. The minimum absolute atomic E-state index is 0.119. The molecule has 0 bridgehead atoms. The van der Waals surface area contributed by atoms with Crippen LogP contribution in [-0.2, 0) is 19.6 Å². The Balaban J connectivity index is 1.27. The van der Waals surface area contributed by atoms with Gasteiger partial charge in [-0.3, -0.25) is 10.1 Å². The third kappa shape index (κ3) is 7.38. The van der Waals surface area contributed by atoms with Crippen molar-refractivity contribution in [1.29, 1.82) is 0 Å². The number of likely N-dealkylation sites (tertiary alicyclic amines) is 1. The molecule has 0 radical (unpaired) electrons. The zero-order chi connectivity index (χ0) is 34.0. The molecule has 48 heavy (non-hydrogen) atoms. The van der Waals surface area contributed by atoms with Crippen LogP contribution in [0.2, 0.25) is 10.2 Å². The van der Waals surface area contributed by atoms with Crippen LogP contribution in [0, 0.1) is 11.8 Å². The maximum Gasteiger partial charge on any atom is 0.411 e. The summed E-state index contributed by atoms with van der Waals surface area (Å²) in [6.45, 7) is 1.36. The van der Waals surface area contributed by atoms with Gasteiger partial charge in [0.1, 0.15) is 23.0 Å². The zero-order valence-corrected chi connectivity index (χ0v) is 28.4. The summed E-state index contributed by atoms with van der Waals surface area (Å²) < 4.78 is 31.9. The van der Waals surface area contributed by atoms with Gasteiger partial charge in [0.05, 0.1) is 25.1 Å². The molecule has 2 aliphatic heterocycles. The van der Waals surface area contributed by atoms with Crippen molar-refractivity contribution >= 4 is 57.0 Å². The number of nitrogens with zero attached hydrogens (tertiary/aromatic N) is 7. The highest BCUT2D eigenvalue weighted by atomic mass is 35.5. The summed E-state index contributed by atoms with van der Waals surface area (Å²) in [6.07, 6.45) is 7.33. The van der Waals surface area contributed by atoms with Gasteiger partial charge >= 0.3 is 6.09 Å². The second kappa shape index (κ2) is 14.0. The number of H-pyrrole nitrogens is 1. The number of piperidine rings is 1. The van der Waals surface area contributed by atoms with E-state index in [1.54, 1.807) is 53.4 Å². The number of benzene rings is 2. The predicted molar refractivity (Wildman–Crippen MR) is 180 cm³/mol. The minimum Gasteiger partial charge on any atom is -0.453 e. The number of aromatic nitrogens is 6. The van der Waals surface area contributed by atoms with E-state index in [4.69, 9.17) is 28.2 Å². The van der Waals surface area contributed by atoms with Crippen LogP contribution in [0.25, 0.3) is 23.0 Å². The van der Waals surface area contributed by atoms with Crippen LogP contribution in [0.4, 0.5) is 10.5 Å². The molecule has 0 spiro atoms. The zero-order valence-electron chi connectivity index (χ0n) is 26.1. The summed E-state index contributed by atoms with van der Waals surface area (Å²) >= 11 is 13.0. The molecule has 1 unspecified atom stereocenters. The first kappa shape index (κ1) is 33.6. The first-order valence-electron chi connectivity index (χ1n) is 15.2. The number of sulfonamides is 1. The number of anilines is 1. The average molecular weight is 715 g/mol. The third-order valence-electron chi connectivity index (χ3n) is 8.83. The number of imidazole rings is 1. The fourth-order valence-corrected chi connectivity index (χ4v) is 7.69. The number of carbonyl (C=O) groups excluding carboxylic acids is 2. The van der Waals surface area contributed by atoms with Gasteiger partial charge in [-0.2, -0.15) is 4.68 Å². The lowest BCUT2D eigenvalue weighted by atomic mass is 9.83. The Morgan fingerprint density at radius 1 is 1.08 bits per heavy atom. The Labute approximate surface area is 287 Å². The number of ether oxygens (including phenoxy) is 1. The van der Waals surface area contributed by atoms with Gasteiger partial charge in [-0.15, -0.1) is 5.10 Å². The van der Waals surface area contributed by atoms with Crippen molar-refractivity contribution in [1.82, 2.24) is 39.4 Å². The fraction of sp³-hybridized carbons (Fsp3) is 0.355. The number of tetrazole rings is 1. The first-order valence-corrected chi connectivity index (χ1v) is 17.8. The molecule has 2 aliphatic rings. The van der Waals surface area contributed by atoms with Crippen molar-refractivity contribution in [3.63, 3.8) is 0 Å². The molecule has 0 saturated carbocycles. The first-order chi connectivity index (χ1) is 23.0. The van der Waals surface area contributed by atoms with Gasteiger partial charge in [0, 0.05) is 47.5 Å². The van der Waals surface area contributed by atoms with Crippen molar-refractivity contribution in [3.8, 4) is 16.9 Å². The number of hydrogen-bond acceptors (Lipinski definition) is 9. The summed E-state index contributed by atoms with van der Waals surface area (Å²) in [7, 11) is -1.98. The molecule has 4 heterocycles. The normalized spacial score (nSPS) is 19.2. The van der Waals surface area contributed by atoms with E-state index in [1.165, 1.54) is 34.8 Å². The highest BCUT2D eigenvalue weighted by molar-refractivity contribution is 7.88. The fourth-order valence-electron chi connectivity index (χ4n) is 6.39. The SMILES string of the molecule is COC(=O)Nc1ccc(-c2nc([C@@H]3CC(C4CCN(S(C)(=O)=O)CC4)CN3C(=O)/C=C/c3cc(Cl)ccc3-n3cnnn3)[nH]c2Cl)cc1. The number of amides is 2. The van der Waals surface area contributed by atoms with Gasteiger partial charge < -0.3 is 14.6 Å². The van der Waals surface area contributed by atoms with Crippen molar-refractivity contribution in [2.75, 3.05) is 38.3 Å². The van der Waals surface area contributed by atoms with E-state index in [0.717, 1.165) is 5.56 Å². The molecule has 0 aliphatic carbocycles. The molecule has 2 fully saturated rings. The average Bonchev–Trinajstić information content (AvgIpc) is 3.84. The Bertz CT molecular complexity index is 1930. The van der Waals surface area contributed by atoms with E-state index in [9.17, 15) is 18.0 Å². The summed E-state index contributed by atoms with van der Waals surface area (Å²) in [5.41, 5.74) is 3.07. The van der Waals surface area contributed by atoms with Crippen LogP contribution in [0.3, 0.4) is 0 Å². The van der Waals surface area contributed by atoms with Gasteiger partial charge in [0.15, 0.2) is 0 Å². The molecular weight excluding hydrogens is 681 g/mol. The molecule has 2 N–H and O–H groups in total. The van der Waals surface area contributed by atoms with Crippen molar-refractivity contribution in [3.05, 3.63) is 76.4 Å². The van der Waals surface area contributed by atoms with Crippen molar-refractivity contribution in [2.24, 2.45) is 11.8 Å². The predicted octanol–water partition coefficient (Wildman–Crippen LogP) is 4.81. The summed E-state index contributed by atoms with van der Waals surface area (Å²) in [4.78, 5) is 35.4. The largest absolute Gasteiger partial charge is 0.453 e. The maximum absolute atomic E-state index is 14.0. The molecule has 14 nitrogen and oxygen atoms in total. The standard InChI is InChI=1S/C31H33Cl2N9O5S/c1-47-31(44)35-24-7-3-20(4-8-24)28-29(33)37-30(36-28)26-16-22(19-11-13-40(14-12-19)48(2,45)46)17-41(26)27(43)10-5-21-15-23(32)6-9-25(21)42-18-34-38-39-42/h3-10,15,18-19,22,26H,11-14,16-17H2,1-2H3,(H,35,44)(H,36,37)/b10-5+/t22?,26-/m0/s1. The van der Waals surface area contributed by atoms with E-state index < -0.39 is 22.2 Å². The molecule has 2 atom stereocenters. The molecule has 2 amide bonds. The molecule has 4 aromatic rings. The molecule has 2 saturated heterocycles. The van der Waals surface area contributed by atoms with Gasteiger partial charge in [-0.05, 0) is 77.9 Å². The van der Waals surface area contributed by atoms with Gasteiger partial charge in [-0.1, -0.05) is 35.3 Å². The highest BCUT2D eigenvalue weighted by Gasteiger charge is 2.42. The molecule has 2 aromatic heterocycles. The Morgan fingerprint density at radius 3 is 2.50 bits per heavy atom. The van der Waals surface area contributed by atoms with E-state index in [1.807, 2.05) is 0 Å². The van der Waals surface area contributed by atoms with Crippen LogP contribution in [0.15, 0.2) is 54.9 Å². The lowest BCUT2D eigenvalue weighted by Crippen LogP contribution is -2.40. The lowest BCUT2D eigenvalue weighted by Gasteiger charge is -2.33. The monoisotopic (exact) mass is 713 g/mol. The third-order valence-corrected chi connectivity index (χ3v) is 10.6. The molecule has 17 heteroatoms. The Hall–Kier alpha value is -4.31. The quantitative estimate of drug-likeness (QED) is 0.243. The maximum atomic E-state index is 14.0. The highest BCUT2D eigenvalue weighted by Crippen LogP contribution is 2.42. The molecule has 252 valence electrons. The van der Waals surface area contributed by atoms with Gasteiger partial charge in [0.25, 0.3) is 0 Å². The van der Waals surface area contributed by atoms with Gasteiger partial charge in [0.2, 0.25) is 15.9 Å². The van der Waals surface area contributed by atoms with Crippen LogP contribution in [-0.4, -0.2) is 92.8 Å². The number of rotatable bonds is 8. The van der Waals surface area contributed by atoms with E-state index in [2.05, 4.69) is 30.6 Å². The number of nitrogens with one attached hydrogen (secondary N) is 2. The van der Waals surface area contributed by atoms with E-state index in [-0.39, 0.29) is 17.7 Å². The number of carbonyl (C=O) groups is 2. The summed E-state index contributed by atoms with van der Waals surface area (Å²) in [5, 5.41) is 14.8. The van der Waals surface area contributed by atoms with Crippen molar-refractivity contribution in [2.45, 2.75) is 25.3 Å². The number of methoxy groups -OCH3 is 1. The molecule has 2 aromatic carbocycles. The number of halogens is 2. The van der Waals surface area contributed by atoms with Crippen LogP contribution in [0.5, 0.6) is 0 Å². The second-order valence-electron chi connectivity index (χ2n) is 11.8. The Kier molecular flexibility index (Phi) is 9.83. The van der Waals surface area contributed by atoms with Gasteiger partial charge in [-0.25, -0.2) is 22.5 Å². The van der Waals surface area contributed by atoms with Crippen molar-refractivity contribution < 1.29 is 22.7 Å². The smallest absolute Gasteiger partial charge is 0.411 e. The topological polar surface area (TPSA) is 168 Å². The molecular formula is C31H33Cl2N9O5S.